The molecule has 0 aliphatic carbocycles. The van der Waals surface area contributed by atoms with Gasteiger partial charge in [-0.15, -0.1) is 0 Å². The first-order valence-electron chi connectivity index (χ1n) is 8.28. The Morgan fingerprint density at radius 3 is 2.81 bits per heavy atom. The summed E-state index contributed by atoms with van der Waals surface area (Å²) in [7, 11) is 0. The summed E-state index contributed by atoms with van der Waals surface area (Å²) in [5.74, 6) is 0.582. The lowest BCUT2D eigenvalue weighted by Gasteiger charge is -2.14. The maximum Gasteiger partial charge on any atom is 0.217 e. The van der Waals surface area contributed by atoms with Crippen molar-refractivity contribution in [3.63, 3.8) is 0 Å². The van der Waals surface area contributed by atoms with E-state index in [0.29, 0.717) is 59.5 Å². The smallest absolute Gasteiger partial charge is 0.217 e. The van der Waals surface area contributed by atoms with Crippen LogP contribution in [0.5, 0.6) is 5.75 Å². The number of hydrogen-bond acceptors (Lipinski definition) is 6. The van der Waals surface area contributed by atoms with Crippen molar-refractivity contribution in [2.24, 2.45) is 5.73 Å². The molecule has 27 heavy (non-hydrogen) atoms. The summed E-state index contributed by atoms with van der Waals surface area (Å²) < 4.78 is 7.46. The van der Waals surface area contributed by atoms with Gasteiger partial charge in [0.05, 0.1) is 28.5 Å². The SMILES string of the molecule is NC(=O)CCCCOc1ccc(Cl)c(Cl)c1Cc1cnc2c(N)ncnn12. The number of nitrogens with two attached hydrogens (primary N) is 2. The molecule has 0 aliphatic rings. The van der Waals surface area contributed by atoms with Crippen molar-refractivity contribution in [2.75, 3.05) is 12.3 Å². The van der Waals surface area contributed by atoms with E-state index in [0.717, 1.165) is 11.3 Å². The molecule has 10 heteroatoms. The third kappa shape index (κ3) is 4.40. The summed E-state index contributed by atoms with van der Waals surface area (Å²) in [6.07, 6.45) is 5.11. The predicted octanol–water partition coefficient (Wildman–Crippen LogP) is 2.64. The van der Waals surface area contributed by atoms with Crippen LogP contribution in [0.25, 0.3) is 5.65 Å². The van der Waals surface area contributed by atoms with Gasteiger partial charge in [-0.25, -0.2) is 14.5 Å². The molecule has 1 amide bonds. The molecular formula is C17H18Cl2N6O2. The Kier molecular flexibility index (Phi) is 5.98. The number of halogens is 2. The van der Waals surface area contributed by atoms with Crippen molar-refractivity contribution in [1.29, 1.82) is 0 Å². The second-order valence-corrected chi connectivity index (χ2v) is 6.70. The second kappa shape index (κ2) is 8.41. The number of carbonyl (C=O) groups is 1. The maximum absolute atomic E-state index is 10.8. The molecule has 8 nitrogen and oxygen atoms in total. The van der Waals surface area contributed by atoms with Gasteiger partial charge in [-0.3, -0.25) is 4.79 Å². The van der Waals surface area contributed by atoms with Gasteiger partial charge in [0.1, 0.15) is 12.1 Å². The van der Waals surface area contributed by atoms with Crippen LogP contribution in [0.1, 0.15) is 30.5 Å². The van der Waals surface area contributed by atoms with E-state index in [1.165, 1.54) is 6.33 Å². The first kappa shape index (κ1) is 19.2. The van der Waals surface area contributed by atoms with E-state index in [4.69, 9.17) is 39.4 Å². The molecule has 0 atom stereocenters. The summed E-state index contributed by atoms with van der Waals surface area (Å²) in [5.41, 5.74) is 12.9. The molecule has 0 unspecified atom stereocenters. The Balaban J connectivity index is 1.82. The number of unbranched alkanes of at least 4 members (excludes halogenated alkanes) is 1. The monoisotopic (exact) mass is 408 g/mol. The highest BCUT2D eigenvalue weighted by Crippen LogP contribution is 2.35. The number of ether oxygens (including phenoxy) is 1. The number of hydrogen-bond donors (Lipinski definition) is 2. The first-order valence-corrected chi connectivity index (χ1v) is 9.04. The van der Waals surface area contributed by atoms with E-state index in [1.807, 2.05) is 0 Å². The number of fused-ring (bicyclic) bond motifs is 1. The van der Waals surface area contributed by atoms with Crippen molar-refractivity contribution in [1.82, 2.24) is 19.6 Å². The molecule has 142 valence electrons. The second-order valence-electron chi connectivity index (χ2n) is 5.92. The fourth-order valence-electron chi connectivity index (χ4n) is 2.64. The van der Waals surface area contributed by atoms with Crippen molar-refractivity contribution in [3.05, 3.63) is 46.0 Å². The number of nitrogen functional groups attached to an aromatic ring is 1. The Labute approximate surface area is 165 Å². The average molecular weight is 409 g/mol. The molecule has 3 aromatic rings. The third-order valence-electron chi connectivity index (χ3n) is 3.99. The average Bonchev–Trinajstić information content (AvgIpc) is 3.04. The highest BCUT2D eigenvalue weighted by molar-refractivity contribution is 6.42. The molecule has 0 bridgehead atoms. The minimum Gasteiger partial charge on any atom is -0.493 e. The zero-order valence-electron chi connectivity index (χ0n) is 14.4. The molecule has 0 fully saturated rings. The van der Waals surface area contributed by atoms with E-state index >= 15 is 0 Å². The van der Waals surface area contributed by atoms with Gasteiger partial charge < -0.3 is 16.2 Å². The van der Waals surface area contributed by atoms with Crippen LogP contribution in [-0.2, 0) is 11.2 Å². The van der Waals surface area contributed by atoms with Crippen molar-refractivity contribution in [2.45, 2.75) is 25.7 Å². The lowest BCUT2D eigenvalue weighted by Crippen LogP contribution is -2.10. The van der Waals surface area contributed by atoms with Crippen LogP contribution in [0.15, 0.2) is 24.7 Å². The number of carbonyl (C=O) groups excluding carboxylic acids is 1. The number of imidazole rings is 1. The van der Waals surface area contributed by atoms with Crippen LogP contribution in [-0.4, -0.2) is 32.1 Å². The van der Waals surface area contributed by atoms with Gasteiger partial charge in [0.25, 0.3) is 0 Å². The van der Waals surface area contributed by atoms with Gasteiger partial charge in [0, 0.05) is 18.4 Å². The molecule has 0 saturated carbocycles. The minimum absolute atomic E-state index is 0.291. The van der Waals surface area contributed by atoms with Gasteiger partial charge in [-0.05, 0) is 25.0 Å². The summed E-state index contributed by atoms with van der Waals surface area (Å²) in [6.45, 7) is 0.431. The summed E-state index contributed by atoms with van der Waals surface area (Å²) in [4.78, 5) is 19.0. The number of primary amides is 1. The molecule has 2 aromatic heterocycles. The fraction of sp³-hybridized carbons (Fsp3) is 0.294. The molecule has 0 radical (unpaired) electrons. The topological polar surface area (TPSA) is 121 Å². The van der Waals surface area contributed by atoms with Crippen molar-refractivity contribution in [3.8, 4) is 5.75 Å². The maximum atomic E-state index is 10.8. The molecule has 4 N–H and O–H groups in total. The van der Waals surface area contributed by atoms with Crippen LogP contribution in [0, 0.1) is 0 Å². The zero-order chi connectivity index (χ0) is 19.4. The Morgan fingerprint density at radius 2 is 2.04 bits per heavy atom. The highest BCUT2D eigenvalue weighted by Gasteiger charge is 2.16. The summed E-state index contributed by atoms with van der Waals surface area (Å²) >= 11 is 12.6. The van der Waals surface area contributed by atoms with Crippen LogP contribution in [0.4, 0.5) is 5.82 Å². The van der Waals surface area contributed by atoms with Gasteiger partial charge in [0.2, 0.25) is 5.91 Å². The van der Waals surface area contributed by atoms with E-state index in [-0.39, 0.29) is 5.91 Å². The number of aromatic nitrogens is 4. The van der Waals surface area contributed by atoms with Crippen LogP contribution in [0.2, 0.25) is 10.0 Å². The lowest BCUT2D eigenvalue weighted by atomic mass is 10.1. The number of anilines is 1. The number of nitrogens with zero attached hydrogens (tertiary/aromatic N) is 4. The van der Waals surface area contributed by atoms with E-state index in [9.17, 15) is 4.79 Å². The van der Waals surface area contributed by atoms with E-state index in [2.05, 4.69) is 15.1 Å². The van der Waals surface area contributed by atoms with Crippen LogP contribution < -0.4 is 16.2 Å². The predicted molar refractivity (Wildman–Crippen MR) is 103 cm³/mol. The molecule has 0 spiro atoms. The molecule has 1 aromatic carbocycles. The fourth-order valence-corrected chi connectivity index (χ4v) is 3.04. The van der Waals surface area contributed by atoms with Crippen LogP contribution in [0.3, 0.4) is 0 Å². The molecule has 0 aliphatic heterocycles. The van der Waals surface area contributed by atoms with E-state index < -0.39 is 0 Å². The number of benzene rings is 1. The minimum atomic E-state index is -0.320. The number of amides is 1. The van der Waals surface area contributed by atoms with Crippen molar-refractivity contribution >= 4 is 40.6 Å². The van der Waals surface area contributed by atoms with Gasteiger partial charge >= 0.3 is 0 Å². The zero-order valence-corrected chi connectivity index (χ0v) is 15.9. The Hall–Kier alpha value is -2.58. The van der Waals surface area contributed by atoms with Gasteiger partial charge in [-0.1, -0.05) is 23.2 Å². The van der Waals surface area contributed by atoms with Gasteiger partial charge in [-0.2, -0.15) is 5.10 Å². The first-order chi connectivity index (χ1) is 13.0. The normalized spacial score (nSPS) is 11.0. The van der Waals surface area contributed by atoms with Crippen LogP contribution >= 0.6 is 23.2 Å². The largest absolute Gasteiger partial charge is 0.493 e. The molecule has 2 heterocycles. The standard InChI is InChI=1S/C17H18Cl2N6O2/c18-12-4-5-13(27-6-2-1-3-14(20)26)11(15(12)19)7-10-8-22-17-16(21)23-9-24-25(10)17/h4-5,8-9H,1-3,6-7H2,(H2,20,26)(H2,21,23,24). The quantitative estimate of drug-likeness (QED) is 0.552. The van der Waals surface area contributed by atoms with E-state index in [1.54, 1.807) is 22.8 Å². The highest BCUT2D eigenvalue weighted by atomic mass is 35.5. The summed E-state index contributed by atoms with van der Waals surface area (Å²) in [5, 5.41) is 5.02. The number of rotatable bonds is 8. The molecule has 3 rings (SSSR count). The van der Waals surface area contributed by atoms with Crippen molar-refractivity contribution < 1.29 is 9.53 Å². The third-order valence-corrected chi connectivity index (χ3v) is 4.83. The van der Waals surface area contributed by atoms with Gasteiger partial charge in [0.15, 0.2) is 11.5 Å². The molecular weight excluding hydrogens is 391 g/mol. The Bertz CT molecular complexity index is 975. The Morgan fingerprint density at radius 1 is 1.22 bits per heavy atom. The summed E-state index contributed by atoms with van der Waals surface area (Å²) in [6, 6.07) is 3.45. The molecule has 0 saturated heterocycles. The lowest BCUT2D eigenvalue weighted by molar-refractivity contribution is -0.118.